The number of halogens is 4. The SMILES string of the molecule is COc1ccc(OC(F)(F)F)cc1[C@H](c1cccs1)N1CCNCC1.Cl. The van der Waals surface area contributed by atoms with E-state index in [9.17, 15) is 13.2 Å². The number of ether oxygens (including phenoxy) is 2. The van der Waals surface area contributed by atoms with Crippen molar-refractivity contribution in [3.05, 3.63) is 46.2 Å². The second kappa shape index (κ2) is 8.94. The average molecular weight is 409 g/mol. The Morgan fingerprint density at radius 2 is 1.92 bits per heavy atom. The fourth-order valence-corrected chi connectivity index (χ4v) is 3.92. The van der Waals surface area contributed by atoms with E-state index in [0.717, 1.165) is 31.1 Å². The highest BCUT2D eigenvalue weighted by molar-refractivity contribution is 7.10. The van der Waals surface area contributed by atoms with Gasteiger partial charge in [0, 0.05) is 36.6 Å². The van der Waals surface area contributed by atoms with Crippen molar-refractivity contribution in [1.82, 2.24) is 10.2 Å². The molecule has 0 unspecified atom stereocenters. The van der Waals surface area contributed by atoms with Gasteiger partial charge in [-0.15, -0.1) is 36.9 Å². The van der Waals surface area contributed by atoms with Crippen molar-refractivity contribution in [1.29, 1.82) is 0 Å². The Bertz CT molecular complexity index is 692. The molecule has 1 fully saturated rings. The first kappa shape index (κ1) is 20.8. The molecule has 1 N–H and O–H groups in total. The van der Waals surface area contributed by atoms with Crippen LogP contribution in [0.1, 0.15) is 16.5 Å². The summed E-state index contributed by atoms with van der Waals surface area (Å²) in [5, 5.41) is 5.26. The Morgan fingerprint density at radius 1 is 1.19 bits per heavy atom. The summed E-state index contributed by atoms with van der Waals surface area (Å²) in [6.07, 6.45) is -4.72. The summed E-state index contributed by atoms with van der Waals surface area (Å²) in [4.78, 5) is 3.31. The molecule has 0 saturated carbocycles. The summed E-state index contributed by atoms with van der Waals surface area (Å²) in [6.45, 7) is 3.28. The van der Waals surface area contributed by atoms with Crippen LogP contribution in [0.2, 0.25) is 0 Å². The number of rotatable bonds is 5. The first-order valence-corrected chi connectivity index (χ1v) is 8.78. The molecule has 9 heteroatoms. The molecule has 1 aromatic carbocycles. The lowest BCUT2D eigenvalue weighted by molar-refractivity contribution is -0.274. The molecule has 1 saturated heterocycles. The Labute approximate surface area is 160 Å². The van der Waals surface area contributed by atoms with Gasteiger partial charge in [-0.2, -0.15) is 0 Å². The van der Waals surface area contributed by atoms with Gasteiger partial charge in [0.25, 0.3) is 0 Å². The molecule has 1 atom stereocenters. The second-order valence-electron chi connectivity index (χ2n) is 5.66. The Kier molecular flexibility index (Phi) is 7.16. The standard InChI is InChI=1S/C17H19F3N2O2S.ClH/c1-23-14-5-4-12(24-17(18,19)20)11-13(14)16(15-3-2-10-25-15)22-8-6-21-7-9-22;/h2-5,10-11,16,21H,6-9H2,1H3;1H/t16-;/m1./s1. The van der Waals surface area contributed by atoms with E-state index in [2.05, 4.69) is 15.0 Å². The minimum absolute atomic E-state index is 0. The van der Waals surface area contributed by atoms with Crippen LogP contribution in [0.15, 0.2) is 35.7 Å². The number of nitrogens with one attached hydrogen (secondary N) is 1. The number of thiophene rings is 1. The third-order valence-corrected chi connectivity index (χ3v) is 4.98. The van der Waals surface area contributed by atoms with Crippen molar-refractivity contribution in [2.75, 3.05) is 33.3 Å². The lowest BCUT2D eigenvalue weighted by Crippen LogP contribution is -2.45. The fourth-order valence-electron chi connectivity index (χ4n) is 3.04. The predicted molar refractivity (Wildman–Crippen MR) is 97.5 cm³/mol. The maximum Gasteiger partial charge on any atom is 0.573 e. The van der Waals surface area contributed by atoms with Crippen molar-refractivity contribution in [3.8, 4) is 11.5 Å². The highest BCUT2D eigenvalue weighted by atomic mass is 35.5. The molecule has 0 bridgehead atoms. The summed E-state index contributed by atoms with van der Waals surface area (Å²) in [5.41, 5.74) is 0.675. The molecule has 3 rings (SSSR count). The van der Waals surface area contributed by atoms with Crippen LogP contribution in [0.4, 0.5) is 13.2 Å². The van der Waals surface area contributed by atoms with Crippen LogP contribution in [0.5, 0.6) is 11.5 Å². The van der Waals surface area contributed by atoms with E-state index in [-0.39, 0.29) is 24.2 Å². The maximum absolute atomic E-state index is 12.6. The molecular weight excluding hydrogens is 389 g/mol. The van der Waals surface area contributed by atoms with Gasteiger partial charge in [-0.25, -0.2) is 0 Å². The highest BCUT2D eigenvalue weighted by Crippen LogP contribution is 2.39. The third-order valence-electron chi connectivity index (χ3n) is 4.06. The van der Waals surface area contributed by atoms with Crippen LogP contribution in [-0.4, -0.2) is 44.6 Å². The highest BCUT2D eigenvalue weighted by Gasteiger charge is 2.33. The minimum atomic E-state index is -4.72. The second-order valence-corrected chi connectivity index (χ2v) is 6.63. The number of hydrogen-bond donors (Lipinski definition) is 1. The van der Waals surface area contributed by atoms with Gasteiger partial charge in [-0.05, 0) is 29.6 Å². The van der Waals surface area contributed by atoms with Crippen LogP contribution < -0.4 is 14.8 Å². The van der Waals surface area contributed by atoms with Gasteiger partial charge >= 0.3 is 6.36 Å². The topological polar surface area (TPSA) is 33.7 Å². The Morgan fingerprint density at radius 3 is 2.50 bits per heavy atom. The van der Waals surface area contributed by atoms with Crippen molar-refractivity contribution in [2.24, 2.45) is 0 Å². The maximum atomic E-state index is 12.6. The normalized spacial score (nSPS) is 16.6. The fraction of sp³-hybridized carbons (Fsp3) is 0.412. The van der Waals surface area contributed by atoms with E-state index < -0.39 is 6.36 Å². The van der Waals surface area contributed by atoms with Crippen LogP contribution in [-0.2, 0) is 0 Å². The van der Waals surface area contributed by atoms with Crippen LogP contribution in [0.25, 0.3) is 0 Å². The largest absolute Gasteiger partial charge is 0.573 e. The van der Waals surface area contributed by atoms with E-state index in [1.807, 2.05) is 17.5 Å². The monoisotopic (exact) mass is 408 g/mol. The molecule has 1 aromatic heterocycles. The van der Waals surface area contributed by atoms with Gasteiger partial charge in [0.2, 0.25) is 0 Å². The number of nitrogens with zero attached hydrogens (tertiary/aromatic N) is 1. The van der Waals surface area contributed by atoms with Gasteiger partial charge in [-0.1, -0.05) is 6.07 Å². The molecule has 0 spiro atoms. The molecular formula is C17H20ClF3N2O2S. The van der Waals surface area contributed by atoms with Crippen molar-refractivity contribution in [3.63, 3.8) is 0 Å². The Balaban J connectivity index is 0.00000243. The molecule has 0 radical (unpaired) electrons. The first-order chi connectivity index (χ1) is 12.0. The third kappa shape index (κ3) is 5.03. The van der Waals surface area contributed by atoms with Crippen molar-refractivity contribution >= 4 is 23.7 Å². The molecule has 2 aromatic rings. The summed E-state index contributed by atoms with van der Waals surface area (Å²) in [7, 11) is 1.52. The molecule has 26 heavy (non-hydrogen) atoms. The molecule has 2 heterocycles. The summed E-state index contributed by atoms with van der Waals surface area (Å²) in [6, 6.07) is 8.00. The van der Waals surface area contributed by atoms with Crippen LogP contribution >= 0.6 is 23.7 Å². The zero-order valence-corrected chi connectivity index (χ0v) is 15.7. The number of benzene rings is 1. The molecule has 1 aliphatic heterocycles. The van der Waals surface area contributed by atoms with Crippen LogP contribution in [0.3, 0.4) is 0 Å². The zero-order chi connectivity index (χ0) is 17.9. The summed E-state index contributed by atoms with van der Waals surface area (Å²) < 4.78 is 47.4. The van der Waals surface area contributed by atoms with Gasteiger partial charge in [0.1, 0.15) is 11.5 Å². The van der Waals surface area contributed by atoms with E-state index in [4.69, 9.17) is 4.74 Å². The molecule has 4 nitrogen and oxygen atoms in total. The van der Waals surface area contributed by atoms with E-state index in [1.54, 1.807) is 11.3 Å². The number of piperazine rings is 1. The van der Waals surface area contributed by atoms with E-state index >= 15 is 0 Å². The van der Waals surface area contributed by atoms with Gasteiger partial charge < -0.3 is 14.8 Å². The smallest absolute Gasteiger partial charge is 0.496 e. The lowest BCUT2D eigenvalue weighted by Gasteiger charge is -2.35. The molecule has 0 amide bonds. The number of hydrogen-bond acceptors (Lipinski definition) is 5. The first-order valence-electron chi connectivity index (χ1n) is 7.90. The van der Waals surface area contributed by atoms with E-state index in [0.29, 0.717) is 11.3 Å². The van der Waals surface area contributed by atoms with Gasteiger partial charge in [-0.3, -0.25) is 4.90 Å². The molecule has 1 aliphatic rings. The van der Waals surface area contributed by atoms with Crippen LogP contribution in [0, 0.1) is 0 Å². The van der Waals surface area contributed by atoms with Gasteiger partial charge in [0.05, 0.1) is 13.2 Å². The molecule has 144 valence electrons. The average Bonchev–Trinajstić information content (AvgIpc) is 3.09. The number of methoxy groups -OCH3 is 1. The molecule has 0 aliphatic carbocycles. The van der Waals surface area contributed by atoms with Crippen molar-refractivity contribution < 1.29 is 22.6 Å². The Hall–Kier alpha value is -1.48. The lowest BCUT2D eigenvalue weighted by atomic mass is 10.0. The zero-order valence-electron chi connectivity index (χ0n) is 14.1. The van der Waals surface area contributed by atoms with E-state index in [1.165, 1.54) is 25.3 Å². The van der Waals surface area contributed by atoms with Gasteiger partial charge in [0.15, 0.2) is 0 Å². The minimum Gasteiger partial charge on any atom is -0.496 e. The summed E-state index contributed by atoms with van der Waals surface area (Å²) >= 11 is 1.58. The quantitative estimate of drug-likeness (QED) is 0.808. The van der Waals surface area contributed by atoms with Crippen molar-refractivity contribution in [2.45, 2.75) is 12.4 Å². The summed E-state index contributed by atoms with van der Waals surface area (Å²) in [5.74, 6) is 0.312. The number of alkyl halides is 3. The predicted octanol–water partition coefficient (Wildman–Crippen LogP) is 4.07.